The number of hydrogen-bond acceptors (Lipinski definition) is 0. The Morgan fingerprint density at radius 2 is 1.47 bits per heavy atom. The van der Waals surface area contributed by atoms with Crippen molar-refractivity contribution in [3.05, 3.63) is 16.9 Å². The fourth-order valence-electron chi connectivity index (χ4n) is 0.906. The second-order valence-electron chi connectivity index (χ2n) is 6.25. The van der Waals surface area contributed by atoms with Crippen LogP contribution >= 0.6 is 0 Å². The topological polar surface area (TPSA) is 0 Å². The molecule has 0 saturated heterocycles. The molecule has 0 aliphatic rings. The summed E-state index contributed by atoms with van der Waals surface area (Å²) < 4.78 is 0. The van der Waals surface area contributed by atoms with Crippen LogP contribution in [0.3, 0.4) is 0 Å². The zero-order valence-electron chi connectivity index (χ0n) is 11.5. The molecule has 0 spiro atoms. The van der Waals surface area contributed by atoms with Crippen LogP contribution in [-0.2, 0) is 0 Å². The summed E-state index contributed by atoms with van der Waals surface area (Å²) in [6.45, 7) is 17.5. The van der Waals surface area contributed by atoms with Gasteiger partial charge in [0, 0.05) is 11.0 Å². The largest absolute Gasteiger partial charge is 0.129 e. The molecule has 0 aromatic carbocycles. The van der Waals surface area contributed by atoms with Gasteiger partial charge in [-0.05, 0) is 19.4 Å². The molecule has 0 radical (unpaired) electrons. The van der Waals surface area contributed by atoms with Gasteiger partial charge in [0.15, 0.2) is 0 Å². The Morgan fingerprint density at radius 1 is 1.00 bits per heavy atom. The van der Waals surface area contributed by atoms with Gasteiger partial charge >= 0.3 is 0 Å². The molecule has 0 N–H and O–H groups in total. The lowest BCUT2D eigenvalue weighted by Crippen LogP contribution is -2.17. The van der Waals surface area contributed by atoms with E-state index in [2.05, 4.69) is 71.5 Å². The van der Waals surface area contributed by atoms with Gasteiger partial charge < -0.3 is 0 Å². The number of allylic oxidation sites excluding steroid dienone is 1. The van der Waals surface area contributed by atoms with Gasteiger partial charge in [-0.3, -0.25) is 0 Å². The maximum Gasteiger partial charge on any atom is 0.129 e. The average Bonchev–Trinajstić information content (AvgIpc) is 1.93. The third-order valence-electron chi connectivity index (χ3n) is 1.69. The minimum Gasteiger partial charge on any atom is -0.126 e. The Bertz CT molecular complexity index is 338. The first kappa shape index (κ1) is 14.3. The van der Waals surface area contributed by atoms with Crippen LogP contribution in [-0.4, -0.2) is 8.07 Å². The zero-order chi connectivity index (χ0) is 12.3. The molecule has 0 heterocycles. The minimum atomic E-state index is -1.28. The molecule has 1 heteroatoms. The molecule has 0 atom stereocenters. The highest BCUT2D eigenvalue weighted by atomic mass is 28.3. The first-order chi connectivity index (χ1) is 6.52. The molecule has 84 valence electrons. The molecule has 0 bridgehead atoms. The van der Waals surface area contributed by atoms with E-state index in [1.54, 1.807) is 0 Å². The van der Waals surface area contributed by atoms with E-state index in [1.807, 2.05) is 0 Å². The van der Waals surface area contributed by atoms with Crippen molar-refractivity contribution in [2.45, 2.75) is 54.3 Å². The Morgan fingerprint density at radius 3 is 1.73 bits per heavy atom. The highest BCUT2D eigenvalue weighted by molar-refractivity contribution is 6.83. The van der Waals surface area contributed by atoms with Crippen LogP contribution in [0.15, 0.2) is 16.9 Å². The van der Waals surface area contributed by atoms with Crippen molar-refractivity contribution < 1.29 is 0 Å². The lowest BCUT2D eigenvalue weighted by Gasteiger charge is -2.17. The fraction of sp³-hybridized carbons (Fsp3) is 0.643. The van der Waals surface area contributed by atoms with Crippen LogP contribution in [0.2, 0.25) is 19.6 Å². The second-order valence-corrected chi connectivity index (χ2v) is 11.0. The van der Waals surface area contributed by atoms with Crippen LogP contribution in [0.25, 0.3) is 0 Å². The average molecular weight is 220 g/mol. The molecule has 0 rings (SSSR count). The molecule has 0 amide bonds. The molecule has 0 aliphatic carbocycles. The van der Waals surface area contributed by atoms with Crippen molar-refractivity contribution in [1.29, 1.82) is 0 Å². The molecule has 0 fully saturated rings. The SMILES string of the molecule is CC(C)=C=C(C#C[Si](C)(C)C)C(C)(C)C. The van der Waals surface area contributed by atoms with E-state index in [1.165, 1.54) is 5.57 Å². The van der Waals surface area contributed by atoms with Gasteiger partial charge in [-0.2, -0.15) is 0 Å². The molecular weight excluding hydrogens is 196 g/mol. The van der Waals surface area contributed by atoms with Crippen LogP contribution in [0.5, 0.6) is 0 Å². The van der Waals surface area contributed by atoms with Crippen LogP contribution in [0.4, 0.5) is 0 Å². The zero-order valence-corrected chi connectivity index (χ0v) is 12.5. The second kappa shape index (κ2) is 4.88. The smallest absolute Gasteiger partial charge is 0.126 e. The van der Waals surface area contributed by atoms with Crippen molar-refractivity contribution in [3.8, 4) is 11.5 Å². The molecule has 0 saturated carbocycles. The maximum absolute atomic E-state index is 3.41. The normalized spacial score (nSPS) is 11.2. The molecule has 15 heavy (non-hydrogen) atoms. The fourth-order valence-corrected chi connectivity index (χ4v) is 1.41. The summed E-state index contributed by atoms with van der Waals surface area (Å²) in [6.07, 6.45) is 0. The lowest BCUT2D eigenvalue weighted by molar-refractivity contribution is 0.522. The summed E-state index contributed by atoms with van der Waals surface area (Å²) in [6, 6.07) is 0. The minimum absolute atomic E-state index is 0.101. The van der Waals surface area contributed by atoms with E-state index < -0.39 is 8.07 Å². The maximum atomic E-state index is 3.41. The third kappa shape index (κ3) is 7.25. The van der Waals surface area contributed by atoms with Gasteiger partial charge in [0.2, 0.25) is 0 Å². The Labute approximate surface area is 96.5 Å². The Balaban J connectivity index is 5.37. The number of rotatable bonds is 0. The van der Waals surface area contributed by atoms with Gasteiger partial charge in [-0.15, -0.1) is 11.3 Å². The Kier molecular flexibility index (Phi) is 4.65. The van der Waals surface area contributed by atoms with Gasteiger partial charge in [0.05, 0.1) is 0 Å². The van der Waals surface area contributed by atoms with E-state index >= 15 is 0 Å². The first-order valence-corrected chi connectivity index (χ1v) is 9.00. The van der Waals surface area contributed by atoms with Gasteiger partial charge in [-0.1, -0.05) is 46.3 Å². The molecule has 0 aliphatic heterocycles. The van der Waals surface area contributed by atoms with Gasteiger partial charge in [-0.25, -0.2) is 0 Å². The first-order valence-electron chi connectivity index (χ1n) is 5.50. The Hall–Kier alpha value is -0.703. The van der Waals surface area contributed by atoms with Gasteiger partial charge in [0.25, 0.3) is 0 Å². The summed E-state index contributed by atoms with van der Waals surface area (Å²) in [7, 11) is -1.28. The summed E-state index contributed by atoms with van der Waals surface area (Å²) in [5.41, 5.74) is 9.21. The molecule has 0 aromatic heterocycles. The van der Waals surface area contributed by atoms with E-state index in [0.29, 0.717) is 0 Å². The van der Waals surface area contributed by atoms with Crippen molar-refractivity contribution in [2.24, 2.45) is 5.41 Å². The van der Waals surface area contributed by atoms with Crippen LogP contribution in [0, 0.1) is 16.9 Å². The quantitative estimate of drug-likeness (QED) is 0.322. The predicted molar refractivity (Wildman–Crippen MR) is 72.5 cm³/mol. The standard InChI is InChI=1S/C14H24Si/c1-12(2)11-13(14(3,4)5)9-10-15(6,7)8/h1-8H3. The van der Waals surface area contributed by atoms with E-state index in [-0.39, 0.29) is 5.41 Å². The molecule has 0 nitrogen and oxygen atoms in total. The third-order valence-corrected chi connectivity index (χ3v) is 2.56. The van der Waals surface area contributed by atoms with Crippen molar-refractivity contribution >= 4 is 8.07 Å². The summed E-state index contributed by atoms with van der Waals surface area (Å²) in [4.78, 5) is 0. The summed E-state index contributed by atoms with van der Waals surface area (Å²) >= 11 is 0. The predicted octanol–water partition coefficient (Wildman–Crippen LogP) is 4.40. The molecular formula is C14H24Si. The van der Waals surface area contributed by atoms with E-state index in [0.717, 1.165) is 5.57 Å². The molecule has 0 aromatic rings. The number of hydrogen-bond donors (Lipinski definition) is 0. The van der Waals surface area contributed by atoms with E-state index in [9.17, 15) is 0 Å². The highest BCUT2D eigenvalue weighted by Crippen LogP contribution is 2.24. The molecule has 0 unspecified atom stereocenters. The van der Waals surface area contributed by atoms with Crippen LogP contribution < -0.4 is 0 Å². The van der Waals surface area contributed by atoms with Crippen LogP contribution in [0.1, 0.15) is 34.6 Å². The highest BCUT2D eigenvalue weighted by Gasteiger charge is 2.16. The lowest BCUT2D eigenvalue weighted by atomic mass is 9.87. The van der Waals surface area contributed by atoms with Crippen molar-refractivity contribution in [1.82, 2.24) is 0 Å². The monoisotopic (exact) mass is 220 g/mol. The van der Waals surface area contributed by atoms with Crippen molar-refractivity contribution in [2.75, 3.05) is 0 Å². The van der Waals surface area contributed by atoms with Gasteiger partial charge in [0.1, 0.15) is 8.07 Å². The van der Waals surface area contributed by atoms with Crippen molar-refractivity contribution in [3.63, 3.8) is 0 Å². The van der Waals surface area contributed by atoms with E-state index in [4.69, 9.17) is 0 Å². The summed E-state index contributed by atoms with van der Waals surface area (Å²) in [5, 5.41) is 0. The summed E-state index contributed by atoms with van der Waals surface area (Å²) in [5.74, 6) is 3.33.